The Bertz CT molecular complexity index is 436. The van der Waals surface area contributed by atoms with Crippen LogP contribution in [0.4, 0.5) is 0 Å². The minimum Gasteiger partial charge on any atom is -0.493 e. The molecule has 4 nitrogen and oxygen atoms in total. The van der Waals surface area contributed by atoms with Crippen LogP contribution >= 0.6 is 0 Å². The van der Waals surface area contributed by atoms with Crippen molar-refractivity contribution in [2.45, 2.75) is 19.9 Å². The van der Waals surface area contributed by atoms with Crippen molar-refractivity contribution >= 4 is 0 Å². The monoisotopic (exact) mass is 278 g/mol. The summed E-state index contributed by atoms with van der Waals surface area (Å²) in [4.78, 5) is 2.47. The van der Waals surface area contributed by atoms with Crippen LogP contribution in [0.15, 0.2) is 18.2 Å². The van der Waals surface area contributed by atoms with E-state index in [0.717, 1.165) is 43.6 Å². The molecule has 2 rings (SSSR count). The number of rotatable bonds is 5. The number of methoxy groups -OCH3 is 2. The van der Waals surface area contributed by atoms with Crippen LogP contribution in [0.1, 0.15) is 18.9 Å². The maximum absolute atomic E-state index is 5.88. The first-order valence-corrected chi connectivity index (χ1v) is 7.31. The molecule has 0 bridgehead atoms. The standard InChI is InChI=1S/C16H26N2O2/c1-12-7-8-18(11-14(12)9-17)10-13-5-4-6-15(19-2)16(13)20-3/h4-6,12,14H,7-11,17H2,1-3H3. The van der Waals surface area contributed by atoms with Crippen LogP contribution in [0, 0.1) is 11.8 Å². The van der Waals surface area contributed by atoms with Gasteiger partial charge >= 0.3 is 0 Å². The quantitative estimate of drug-likeness (QED) is 0.896. The fraction of sp³-hybridized carbons (Fsp3) is 0.625. The Morgan fingerprint density at radius 2 is 2.10 bits per heavy atom. The van der Waals surface area contributed by atoms with Crippen molar-refractivity contribution in [2.24, 2.45) is 17.6 Å². The molecule has 1 aromatic carbocycles. The van der Waals surface area contributed by atoms with Crippen molar-refractivity contribution in [3.8, 4) is 11.5 Å². The van der Waals surface area contributed by atoms with Gasteiger partial charge in [0.25, 0.3) is 0 Å². The lowest BCUT2D eigenvalue weighted by molar-refractivity contribution is 0.125. The van der Waals surface area contributed by atoms with Crippen molar-refractivity contribution in [3.05, 3.63) is 23.8 Å². The summed E-state index contributed by atoms with van der Waals surface area (Å²) in [6.45, 7) is 6.16. The number of benzene rings is 1. The second kappa shape index (κ2) is 6.95. The molecule has 112 valence electrons. The SMILES string of the molecule is COc1cccc(CN2CCC(C)C(CN)C2)c1OC. The zero-order valence-corrected chi connectivity index (χ0v) is 12.8. The maximum Gasteiger partial charge on any atom is 0.165 e. The fourth-order valence-corrected chi connectivity index (χ4v) is 2.99. The van der Waals surface area contributed by atoms with E-state index in [1.165, 1.54) is 12.0 Å². The summed E-state index contributed by atoms with van der Waals surface area (Å²) in [6, 6.07) is 6.06. The molecular weight excluding hydrogens is 252 g/mol. The second-order valence-electron chi connectivity index (χ2n) is 5.65. The van der Waals surface area contributed by atoms with Gasteiger partial charge in [0.2, 0.25) is 0 Å². The van der Waals surface area contributed by atoms with E-state index < -0.39 is 0 Å². The minimum atomic E-state index is 0.598. The van der Waals surface area contributed by atoms with E-state index in [0.29, 0.717) is 5.92 Å². The van der Waals surface area contributed by atoms with Crippen LogP contribution in [0.2, 0.25) is 0 Å². The molecule has 0 aromatic heterocycles. The predicted octanol–water partition coefficient (Wildman–Crippen LogP) is 2.12. The lowest BCUT2D eigenvalue weighted by atomic mass is 9.87. The molecule has 0 saturated carbocycles. The van der Waals surface area contributed by atoms with Gasteiger partial charge in [-0.05, 0) is 37.4 Å². The van der Waals surface area contributed by atoms with Gasteiger partial charge in [-0.25, -0.2) is 0 Å². The van der Waals surface area contributed by atoms with Gasteiger partial charge < -0.3 is 15.2 Å². The highest BCUT2D eigenvalue weighted by Crippen LogP contribution is 2.32. The van der Waals surface area contributed by atoms with E-state index in [-0.39, 0.29) is 0 Å². The van der Waals surface area contributed by atoms with Gasteiger partial charge in [0, 0.05) is 18.7 Å². The van der Waals surface area contributed by atoms with E-state index in [4.69, 9.17) is 15.2 Å². The van der Waals surface area contributed by atoms with E-state index in [2.05, 4.69) is 17.9 Å². The number of piperidine rings is 1. The Balaban J connectivity index is 2.10. The Hall–Kier alpha value is -1.26. The molecule has 0 aliphatic carbocycles. The molecule has 2 unspecified atom stereocenters. The molecule has 1 fully saturated rings. The van der Waals surface area contributed by atoms with Gasteiger partial charge in [0.15, 0.2) is 11.5 Å². The van der Waals surface area contributed by atoms with Crippen molar-refractivity contribution in [3.63, 3.8) is 0 Å². The molecule has 2 atom stereocenters. The molecule has 0 spiro atoms. The van der Waals surface area contributed by atoms with Gasteiger partial charge in [0.05, 0.1) is 14.2 Å². The van der Waals surface area contributed by atoms with Crippen LogP contribution in [-0.4, -0.2) is 38.8 Å². The van der Waals surface area contributed by atoms with Crippen molar-refractivity contribution in [1.29, 1.82) is 0 Å². The normalized spacial score (nSPS) is 23.6. The topological polar surface area (TPSA) is 47.7 Å². The number of hydrogen-bond acceptors (Lipinski definition) is 4. The summed E-state index contributed by atoms with van der Waals surface area (Å²) >= 11 is 0. The largest absolute Gasteiger partial charge is 0.493 e. The fourth-order valence-electron chi connectivity index (χ4n) is 2.99. The van der Waals surface area contributed by atoms with E-state index in [1.54, 1.807) is 14.2 Å². The first-order valence-electron chi connectivity index (χ1n) is 7.31. The number of nitrogens with two attached hydrogens (primary N) is 1. The van der Waals surface area contributed by atoms with Gasteiger partial charge in [-0.15, -0.1) is 0 Å². The number of hydrogen-bond donors (Lipinski definition) is 1. The highest BCUT2D eigenvalue weighted by molar-refractivity contribution is 5.46. The maximum atomic E-state index is 5.88. The molecule has 1 aliphatic rings. The molecule has 1 aromatic rings. The molecule has 0 amide bonds. The summed E-state index contributed by atoms with van der Waals surface area (Å²) in [5, 5.41) is 0. The van der Waals surface area contributed by atoms with Gasteiger partial charge in [-0.2, -0.15) is 0 Å². The van der Waals surface area contributed by atoms with Gasteiger partial charge in [0.1, 0.15) is 0 Å². The lowest BCUT2D eigenvalue weighted by Gasteiger charge is -2.36. The van der Waals surface area contributed by atoms with Crippen LogP contribution in [0.3, 0.4) is 0 Å². The lowest BCUT2D eigenvalue weighted by Crippen LogP contribution is -2.42. The molecule has 1 saturated heterocycles. The summed E-state index contributed by atoms with van der Waals surface area (Å²) in [5.74, 6) is 2.97. The third-order valence-corrected chi connectivity index (χ3v) is 4.38. The smallest absolute Gasteiger partial charge is 0.165 e. The molecule has 4 heteroatoms. The summed E-state index contributed by atoms with van der Waals surface area (Å²) < 4.78 is 10.9. The summed E-state index contributed by atoms with van der Waals surface area (Å²) in [6.07, 6.45) is 1.22. The van der Waals surface area contributed by atoms with E-state index in [1.807, 2.05) is 12.1 Å². The first kappa shape index (κ1) is 15.1. The van der Waals surface area contributed by atoms with E-state index >= 15 is 0 Å². The Morgan fingerprint density at radius 3 is 2.75 bits per heavy atom. The average Bonchev–Trinajstić information content (AvgIpc) is 2.48. The predicted molar refractivity (Wildman–Crippen MR) is 81.1 cm³/mol. The second-order valence-corrected chi connectivity index (χ2v) is 5.65. The molecule has 0 radical (unpaired) electrons. The van der Waals surface area contributed by atoms with E-state index in [9.17, 15) is 0 Å². The summed E-state index contributed by atoms with van der Waals surface area (Å²) in [5.41, 5.74) is 7.06. The summed E-state index contributed by atoms with van der Waals surface area (Å²) in [7, 11) is 3.37. The first-order chi connectivity index (χ1) is 9.69. The van der Waals surface area contributed by atoms with Crippen LogP contribution < -0.4 is 15.2 Å². The van der Waals surface area contributed by atoms with Crippen LogP contribution in [-0.2, 0) is 6.54 Å². The van der Waals surface area contributed by atoms with Crippen molar-refractivity contribution in [2.75, 3.05) is 33.9 Å². The Labute approximate surface area is 121 Å². The van der Waals surface area contributed by atoms with Gasteiger partial charge in [-0.3, -0.25) is 4.90 Å². The molecule has 1 heterocycles. The third kappa shape index (κ3) is 3.25. The molecule has 2 N–H and O–H groups in total. The highest BCUT2D eigenvalue weighted by Gasteiger charge is 2.25. The van der Waals surface area contributed by atoms with Crippen molar-refractivity contribution < 1.29 is 9.47 Å². The Morgan fingerprint density at radius 1 is 1.30 bits per heavy atom. The molecular formula is C16H26N2O2. The minimum absolute atomic E-state index is 0.598. The van der Waals surface area contributed by atoms with Crippen molar-refractivity contribution in [1.82, 2.24) is 4.90 Å². The molecule has 20 heavy (non-hydrogen) atoms. The molecule has 1 aliphatic heterocycles. The van der Waals surface area contributed by atoms with Crippen LogP contribution in [0.25, 0.3) is 0 Å². The third-order valence-electron chi connectivity index (χ3n) is 4.38. The average molecular weight is 278 g/mol. The number of ether oxygens (including phenoxy) is 2. The zero-order valence-electron chi connectivity index (χ0n) is 12.8. The Kier molecular flexibility index (Phi) is 5.26. The number of likely N-dealkylation sites (tertiary alicyclic amines) is 1. The zero-order chi connectivity index (χ0) is 14.5. The number of nitrogens with zero attached hydrogens (tertiary/aromatic N) is 1. The van der Waals surface area contributed by atoms with Gasteiger partial charge in [-0.1, -0.05) is 19.1 Å². The number of para-hydroxylation sites is 1. The highest BCUT2D eigenvalue weighted by atomic mass is 16.5. The van der Waals surface area contributed by atoms with Crippen LogP contribution in [0.5, 0.6) is 11.5 Å².